The van der Waals surface area contributed by atoms with Gasteiger partial charge in [-0.1, -0.05) is 0 Å². The fourth-order valence-corrected chi connectivity index (χ4v) is 6.31. The number of aliphatic hydroxyl groups is 2. The summed E-state index contributed by atoms with van der Waals surface area (Å²) >= 11 is 0. The third kappa shape index (κ3) is 6.53. The van der Waals surface area contributed by atoms with E-state index >= 15 is 0 Å². The largest absolute Gasteiger partial charge is 2.00 e. The molecule has 11 heteroatoms. The van der Waals surface area contributed by atoms with Gasteiger partial charge < -0.3 is 40.0 Å². The van der Waals surface area contributed by atoms with Gasteiger partial charge >= 0.3 is 17.1 Å². The molecule has 0 amide bonds. The fraction of sp³-hybridized carbons (Fsp3) is 0.353. The Morgan fingerprint density at radius 3 is 1.44 bits per heavy atom. The van der Waals surface area contributed by atoms with Crippen molar-refractivity contribution in [3.05, 3.63) is 69.3 Å². The number of aromatic amines is 2. The molecule has 0 spiro atoms. The number of carboxylic acids is 2. The van der Waals surface area contributed by atoms with Crippen LogP contribution in [0.25, 0.3) is 44.4 Å². The Balaban J connectivity index is 0.00000461. The number of aliphatic carboxylic acids is 2. The molecule has 235 valence electrons. The Labute approximate surface area is 271 Å². The standard InChI is InChI=1S/C34H38N4O6.Mn/c1-15-21(7-9-31(41)42)27-14-28-22(8-10-32(43)44)16(2)24(36-28)12-29-34(20(6)40)18(4)26(38-29)13-30-33(19(5)39)17(3)25(37-30)11-23(15)35-27;/h11-14,19-20,37-40H,7-10H2,1-6H3,(H,41,42)(H,43,44);/q;+2/p-2. The van der Waals surface area contributed by atoms with Gasteiger partial charge in [-0.3, -0.25) is 0 Å². The third-order valence-electron chi connectivity index (χ3n) is 8.63. The summed E-state index contributed by atoms with van der Waals surface area (Å²) in [5, 5.41) is 44.4. The van der Waals surface area contributed by atoms with Crippen molar-refractivity contribution in [1.29, 1.82) is 0 Å². The van der Waals surface area contributed by atoms with Crippen LogP contribution in [0.15, 0.2) is 24.3 Å². The van der Waals surface area contributed by atoms with Gasteiger partial charge in [0.15, 0.2) is 0 Å². The van der Waals surface area contributed by atoms with Gasteiger partial charge in [-0.2, -0.15) is 0 Å². The van der Waals surface area contributed by atoms with Crippen molar-refractivity contribution >= 4 is 56.3 Å². The number of allylic oxidation sites excluding steroid dienone is 4. The number of aryl methyl sites for hydroxylation is 2. The van der Waals surface area contributed by atoms with E-state index < -0.39 is 24.1 Å². The van der Waals surface area contributed by atoms with Crippen molar-refractivity contribution in [2.75, 3.05) is 0 Å². The molecular weight excluding hydrogens is 615 g/mol. The summed E-state index contributed by atoms with van der Waals surface area (Å²) < 4.78 is 0. The van der Waals surface area contributed by atoms with Crippen LogP contribution in [0, 0.1) is 13.8 Å². The summed E-state index contributed by atoms with van der Waals surface area (Å²) in [5.74, 6) is -2.35. The number of fused-ring (bicyclic) bond motifs is 8. The van der Waals surface area contributed by atoms with Gasteiger partial charge in [0.05, 0.1) is 35.0 Å². The van der Waals surface area contributed by atoms with Crippen LogP contribution in [-0.2, 0) is 26.7 Å². The van der Waals surface area contributed by atoms with Gasteiger partial charge in [0.2, 0.25) is 0 Å². The van der Waals surface area contributed by atoms with Crippen molar-refractivity contribution in [1.82, 2.24) is 19.9 Å². The zero-order valence-electron chi connectivity index (χ0n) is 26.1. The predicted octanol–water partition coefficient (Wildman–Crippen LogP) is 3.96. The van der Waals surface area contributed by atoms with Crippen LogP contribution >= 0.6 is 0 Å². The molecule has 4 N–H and O–H groups in total. The molecule has 5 heterocycles. The topological polar surface area (TPSA) is 178 Å². The number of aromatic nitrogens is 4. The van der Waals surface area contributed by atoms with Crippen LogP contribution in [0.3, 0.4) is 0 Å². The van der Waals surface area contributed by atoms with Crippen LogP contribution in [0.5, 0.6) is 0 Å². The van der Waals surface area contributed by atoms with Crippen molar-refractivity contribution in [2.24, 2.45) is 0 Å². The maximum Gasteiger partial charge on any atom is 2.00 e. The summed E-state index contributed by atoms with van der Waals surface area (Å²) in [6, 6.07) is 7.41. The van der Waals surface area contributed by atoms with Gasteiger partial charge in [0, 0.05) is 45.1 Å². The van der Waals surface area contributed by atoms with Crippen molar-refractivity contribution < 1.29 is 47.1 Å². The fourth-order valence-electron chi connectivity index (χ4n) is 6.31. The Morgan fingerprint density at radius 1 is 0.667 bits per heavy atom. The van der Waals surface area contributed by atoms with Crippen LogP contribution < -0.4 is 10.2 Å². The number of hydrogen-bond donors (Lipinski definition) is 4. The maximum absolute atomic E-state index is 11.4. The molecule has 2 unspecified atom stereocenters. The first-order valence-electron chi connectivity index (χ1n) is 14.7. The molecule has 45 heavy (non-hydrogen) atoms. The van der Waals surface area contributed by atoms with Crippen LogP contribution in [-0.4, -0.2) is 42.1 Å². The molecule has 10 nitrogen and oxygen atoms in total. The van der Waals surface area contributed by atoms with E-state index in [0.717, 1.165) is 50.0 Å². The number of aliphatic hydroxyl groups excluding tert-OH is 2. The maximum atomic E-state index is 11.4. The van der Waals surface area contributed by atoms with E-state index in [0.29, 0.717) is 39.4 Å². The summed E-state index contributed by atoms with van der Waals surface area (Å²) in [4.78, 5) is 39.5. The minimum atomic E-state index is -1.18. The van der Waals surface area contributed by atoms with Crippen molar-refractivity contribution in [2.45, 2.75) is 79.4 Å². The first kappa shape index (κ1) is 33.9. The molecule has 1 radical (unpaired) electrons. The van der Waals surface area contributed by atoms with Gasteiger partial charge in [-0.25, -0.2) is 9.97 Å². The Kier molecular flexibility index (Phi) is 9.89. The molecule has 8 bridgehead atoms. The van der Waals surface area contributed by atoms with E-state index in [-0.39, 0.29) is 42.8 Å². The third-order valence-corrected chi connectivity index (χ3v) is 8.63. The predicted molar refractivity (Wildman–Crippen MR) is 165 cm³/mol. The minimum Gasteiger partial charge on any atom is -0.550 e. The average molecular weight is 652 g/mol. The van der Waals surface area contributed by atoms with Crippen molar-refractivity contribution in [3.8, 4) is 0 Å². The second-order valence-corrected chi connectivity index (χ2v) is 11.6. The molecule has 0 saturated heterocycles. The molecular formula is C34H36MnN4O6. The van der Waals surface area contributed by atoms with E-state index in [1.54, 1.807) is 19.9 Å². The molecule has 5 rings (SSSR count). The SMILES string of the molecule is CC1=C(CCC(=O)[O-])c2cc3nc(cc4[nH]c(cc5[nH]c(cc1n2)c(C)c5C(C)O)c(C)c4C(C)O)C(C)=C3CCC(=O)[O-].[Mn+2]. The number of hydrogen-bond acceptors (Lipinski definition) is 8. The van der Waals surface area contributed by atoms with Gasteiger partial charge in [-0.05, 0) is 125 Å². The Morgan fingerprint density at radius 2 is 1.04 bits per heavy atom. The number of rotatable bonds is 8. The number of H-pyrrole nitrogens is 2. The Bertz CT molecular complexity index is 1930. The van der Waals surface area contributed by atoms with Gasteiger partial charge in [-0.15, -0.1) is 0 Å². The van der Waals surface area contributed by atoms with Gasteiger partial charge in [0.25, 0.3) is 0 Å². The number of nitrogens with zero attached hydrogens (tertiary/aromatic N) is 2. The zero-order valence-corrected chi connectivity index (χ0v) is 27.3. The molecule has 0 saturated carbocycles. The smallest absolute Gasteiger partial charge is 0.550 e. The second kappa shape index (κ2) is 13.1. The molecule has 3 aromatic rings. The summed E-state index contributed by atoms with van der Waals surface area (Å²) in [5.41, 5.74) is 11.3. The number of carbonyl (C=O) groups is 2. The van der Waals surface area contributed by atoms with Crippen molar-refractivity contribution in [3.63, 3.8) is 0 Å². The minimum absolute atomic E-state index is 0. The molecule has 2 aliphatic rings. The molecule has 0 aliphatic carbocycles. The quantitative estimate of drug-likeness (QED) is 0.265. The average Bonchev–Trinajstić information content (AvgIpc) is 3.59. The van der Waals surface area contributed by atoms with E-state index in [1.807, 2.05) is 45.9 Å². The normalized spacial score (nSPS) is 14.4. The van der Waals surface area contributed by atoms with Crippen LogP contribution in [0.2, 0.25) is 0 Å². The summed E-state index contributed by atoms with van der Waals surface area (Å²) in [6.07, 6.45) is -1.59. The second-order valence-electron chi connectivity index (χ2n) is 11.6. The summed E-state index contributed by atoms with van der Waals surface area (Å²) in [6.45, 7) is 11.0. The summed E-state index contributed by atoms with van der Waals surface area (Å²) in [7, 11) is 0. The number of nitrogens with one attached hydrogen (secondary N) is 2. The van der Waals surface area contributed by atoms with Gasteiger partial charge in [0.1, 0.15) is 0 Å². The molecule has 0 fully saturated rings. The number of carbonyl (C=O) groups excluding carboxylic acids is 2. The molecule has 3 aromatic heterocycles. The molecule has 2 atom stereocenters. The van der Waals surface area contributed by atoms with E-state index in [4.69, 9.17) is 9.97 Å². The first-order valence-corrected chi connectivity index (χ1v) is 14.7. The van der Waals surface area contributed by atoms with Crippen LogP contribution in [0.1, 0.15) is 111 Å². The first-order chi connectivity index (χ1) is 20.8. The number of carboxylic acid groups (broad SMARTS) is 2. The molecule has 2 aliphatic heterocycles. The Hall–Kier alpha value is -4.02. The zero-order chi connectivity index (χ0) is 32.0. The van der Waals surface area contributed by atoms with Crippen LogP contribution in [0.4, 0.5) is 0 Å². The van der Waals surface area contributed by atoms with E-state index in [9.17, 15) is 30.0 Å². The molecule has 0 aromatic carbocycles. The van der Waals surface area contributed by atoms with E-state index in [1.165, 1.54) is 0 Å². The monoisotopic (exact) mass is 651 g/mol. The van der Waals surface area contributed by atoms with E-state index in [2.05, 4.69) is 9.97 Å².